The fourth-order valence-electron chi connectivity index (χ4n) is 4.95. The average Bonchev–Trinajstić information content (AvgIpc) is 3.44. The van der Waals surface area contributed by atoms with Crippen molar-refractivity contribution in [2.24, 2.45) is 11.3 Å². The second-order valence-corrected chi connectivity index (χ2v) is 11.1. The molecule has 0 saturated carbocycles. The molecule has 1 aliphatic rings. The van der Waals surface area contributed by atoms with E-state index in [2.05, 4.69) is 15.4 Å². The normalized spacial score (nSPS) is 19.2. The second-order valence-electron chi connectivity index (χ2n) is 11.1. The van der Waals surface area contributed by atoms with Gasteiger partial charge in [0.1, 0.15) is 29.7 Å². The summed E-state index contributed by atoms with van der Waals surface area (Å²) in [6, 6.07) is 7.89. The summed E-state index contributed by atoms with van der Waals surface area (Å²) in [5, 5.41) is 17.7. The molecule has 11 heteroatoms. The van der Waals surface area contributed by atoms with E-state index in [1.165, 1.54) is 34.7 Å². The SMILES string of the molecule is CC(O)C(=O)N(CC1CNCC1F)C(c1nc(-c2cc(F)ccc2F)nn1Cc1cccc(F)c1)C(C)(C)C. The van der Waals surface area contributed by atoms with Crippen LogP contribution in [0.2, 0.25) is 0 Å². The van der Waals surface area contributed by atoms with E-state index in [9.17, 15) is 27.5 Å². The predicted octanol–water partition coefficient (Wildman–Crippen LogP) is 4.26. The van der Waals surface area contributed by atoms with E-state index in [0.29, 0.717) is 12.1 Å². The summed E-state index contributed by atoms with van der Waals surface area (Å²) in [7, 11) is 0. The van der Waals surface area contributed by atoms with E-state index >= 15 is 0 Å². The van der Waals surface area contributed by atoms with Gasteiger partial charge in [0.15, 0.2) is 11.6 Å². The molecule has 2 N–H and O–H groups in total. The quantitative estimate of drug-likeness (QED) is 0.412. The average molecular weight is 548 g/mol. The van der Waals surface area contributed by atoms with Crippen LogP contribution in [0, 0.1) is 28.8 Å². The number of benzene rings is 2. The number of alkyl halides is 1. The van der Waals surface area contributed by atoms with Crippen LogP contribution in [-0.4, -0.2) is 62.6 Å². The largest absolute Gasteiger partial charge is 0.384 e. The van der Waals surface area contributed by atoms with Crippen molar-refractivity contribution in [2.45, 2.75) is 52.6 Å². The minimum atomic E-state index is -1.39. The number of amides is 1. The van der Waals surface area contributed by atoms with Crippen LogP contribution in [0.4, 0.5) is 17.6 Å². The highest BCUT2D eigenvalue weighted by Gasteiger charge is 2.42. The molecule has 4 rings (SSSR count). The highest BCUT2D eigenvalue weighted by molar-refractivity contribution is 5.80. The van der Waals surface area contributed by atoms with Gasteiger partial charge in [-0.1, -0.05) is 32.9 Å². The fourth-order valence-corrected chi connectivity index (χ4v) is 4.95. The van der Waals surface area contributed by atoms with Crippen molar-refractivity contribution >= 4 is 5.91 Å². The van der Waals surface area contributed by atoms with Gasteiger partial charge < -0.3 is 15.3 Å². The van der Waals surface area contributed by atoms with Gasteiger partial charge in [-0.15, -0.1) is 0 Å². The zero-order chi connectivity index (χ0) is 28.5. The summed E-state index contributed by atoms with van der Waals surface area (Å²) in [6.45, 7) is 7.38. The minimum absolute atomic E-state index is 0.0109. The van der Waals surface area contributed by atoms with E-state index in [0.717, 1.165) is 18.2 Å². The fraction of sp³-hybridized carbons (Fsp3) is 0.464. The Bertz CT molecular complexity index is 1320. The van der Waals surface area contributed by atoms with E-state index in [-0.39, 0.29) is 36.8 Å². The van der Waals surface area contributed by atoms with E-state index < -0.39 is 53.0 Å². The third-order valence-electron chi connectivity index (χ3n) is 6.80. The zero-order valence-electron chi connectivity index (χ0n) is 22.3. The summed E-state index contributed by atoms with van der Waals surface area (Å²) in [5.41, 5.74) is -0.385. The van der Waals surface area contributed by atoms with Gasteiger partial charge in [-0.05, 0) is 48.2 Å². The van der Waals surface area contributed by atoms with E-state index in [4.69, 9.17) is 0 Å². The van der Waals surface area contributed by atoms with Crippen molar-refractivity contribution < 1.29 is 27.5 Å². The Morgan fingerprint density at radius 1 is 1.15 bits per heavy atom. The number of hydrogen-bond acceptors (Lipinski definition) is 5. The first-order valence-electron chi connectivity index (χ1n) is 12.8. The van der Waals surface area contributed by atoms with Crippen molar-refractivity contribution in [3.63, 3.8) is 0 Å². The van der Waals surface area contributed by atoms with Crippen LogP contribution in [-0.2, 0) is 11.3 Å². The lowest BCUT2D eigenvalue weighted by Gasteiger charge is -2.41. The third kappa shape index (κ3) is 6.47. The van der Waals surface area contributed by atoms with E-state index in [1.54, 1.807) is 6.07 Å². The maximum absolute atomic E-state index is 14.8. The predicted molar refractivity (Wildman–Crippen MR) is 138 cm³/mol. The lowest BCUT2D eigenvalue weighted by molar-refractivity contribution is -0.146. The first kappa shape index (κ1) is 28.7. The van der Waals surface area contributed by atoms with Crippen molar-refractivity contribution in [3.8, 4) is 11.4 Å². The monoisotopic (exact) mass is 547 g/mol. The third-order valence-corrected chi connectivity index (χ3v) is 6.80. The molecular weight excluding hydrogens is 514 g/mol. The number of nitrogens with zero attached hydrogens (tertiary/aromatic N) is 4. The van der Waals surface area contributed by atoms with Crippen LogP contribution in [0.3, 0.4) is 0 Å². The standard InChI is InChI=1S/C28H33F4N5O2/c1-16(38)27(39)36(15-18-12-33-13-23(18)32)24(28(2,3)4)26-34-25(21-11-20(30)8-9-22(21)31)35-37(26)14-17-6-5-7-19(29)10-17/h5-11,16,18,23-24,33,38H,12-15H2,1-4H3. The Labute approximate surface area is 224 Å². The smallest absolute Gasteiger partial charge is 0.251 e. The molecule has 0 radical (unpaired) electrons. The van der Waals surface area contributed by atoms with Gasteiger partial charge in [0.2, 0.25) is 0 Å². The van der Waals surface area contributed by atoms with Crippen molar-refractivity contribution in [1.82, 2.24) is 25.0 Å². The number of aliphatic hydroxyl groups is 1. The highest BCUT2D eigenvalue weighted by atomic mass is 19.1. The molecule has 1 saturated heterocycles. The molecule has 0 spiro atoms. The van der Waals surface area contributed by atoms with Crippen LogP contribution in [0.25, 0.3) is 11.4 Å². The summed E-state index contributed by atoms with van der Waals surface area (Å²) in [6.07, 6.45) is -2.58. The summed E-state index contributed by atoms with van der Waals surface area (Å²) < 4.78 is 59.0. The minimum Gasteiger partial charge on any atom is -0.384 e. The molecule has 2 heterocycles. The number of nitrogens with one attached hydrogen (secondary N) is 1. The number of aliphatic hydroxyl groups excluding tert-OH is 1. The molecule has 7 nitrogen and oxygen atoms in total. The summed E-state index contributed by atoms with van der Waals surface area (Å²) >= 11 is 0. The molecule has 3 aromatic rings. The molecule has 1 fully saturated rings. The van der Waals surface area contributed by atoms with Crippen LogP contribution in [0.5, 0.6) is 0 Å². The molecule has 2 aromatic carbocycles. The Kier molecular flexibility index (Phi) is 8.41. The summed E-state index contributed by atoms with van der Waals surface area (Å²) in [4.78, 5) is 19.4. The number of hydrogen-bond donors (Lipinski definition) is 2. The Morgan fingerprint density at radius 3 is 2.49 bits per heavy atom. The van der Waals surface area contributed by atoms with Gasteiger partial charge in [-0.3, -0.25) is 4.79 Å². The highest BCUT2D eigenvalue weighted by Crippen LogP contribution is 2.40. The molecule has 0 bridgehead atoms. The second kappa shape index (κ2) is 11.4. The number of aromatic nitrogens is 3. The molecular formula is C28H33F4N5O2. The van der Waals surface area contributed by atoms with Crippen LogP contribution < -0.4 is 5.32 Å². The zero-order valence-corrected chi connectivity index (χ0v) is 22.3. The van der Waals surface area contributed by atoms with Gasteiger partial charge in [-0.25, -0.2) is 27.2 Å². The van der Waals surface area contributed by atoms with E-state index in [1.807, 2.05) is 20.8 Å². The maximum atomic E-state index is 14.8. The van der Waals surface area contributed by atoms with Crippen LogP contribution >= 0.6 is 0 Å². The molecule has 0 aliphatic carbocycles. The topological polar surface area (TPSA) is 83.3 Å². The first-order chi connectivity index (χ1) is 18.3. The molecule has 4 unspecified atom stereocenters. The molecule has 210 valence electrons. The number of carbonyl (C=O) groups excluding carboxylic acids is 1. The Morgan fingerprint density at radius 2 is 1.87 bits per heavy atom. The van der Waals surface area contributed by atoms with Gasteiger partial charge in [0, 0.05) is 25.6 Å². The molecule has 4 atom stereocenters. The summed E-state index contributed by atoms with van der Waals surface area (Å²) in [5.74, 6) is -2.97. The molecule has 1 aromatic heterocycles. The molecule has 1 aliphatic heterocycles. The number of carbonyl (C=O) groups is 1. The van der Waals surface area contributed by atoms with Crippen LogP contribution in [0.15, 0.2) is 42.5 Å². The lowest BCUT2D eigenvalue weighted by atomic mass is 9.84. The molecule has 1 amide bonds. The van der Waals surface area contributed by atoms with Crippen LogP contribution in [0.1, 0.15) is 45.1 Å². The lowest BCUT2D eigenvalue weighted by Crippen LogP contribution is -2.49. The Balaban J connectivity index is 1.89. The maximum Gasteiger partial charge on any atom is 0.251 e. The Hall–Kier alpha value is -3.31. The molecule has 39 heavy (non-hydrogen) atoms. The van der Waals surface area contributed by atoms with Crippen molar-refractivity contribution in [3.05, 3.63) is 71.3 Å². The van der Waals surface area contributed by atoms with Gasteiger partial charge in [-0.2, -0.15) is 5.10 Å². The van der Waals surface area contributed by atoms with Crippen molar-refractivity contribution in [2.75, 3.05) is 19.6 Å². The van der Waals surface area contributed by atoms with Gasteiger partial charge in [0.05, 0.1) is 18.2 Å². The van der Waals surface area contributed by atoms with Gasteiger partial charge in [0.25, 0.3) is 5.91 Å². The number of rotatable bonds is 8. The first-order valence-corrected chi connectivity index (χ1v) is 12.8. The number of halogens is 4. The van der Waals surface area contributed by atoms with Gasteiger partial charge >= 0.3 is 0 Å². The van der Waals surface area contributed by atoms with Crippen molar-refractivity contribution in [1.29, 1.82) is 0 Å².